The Labute approximate surface area is 202 Å². The first-order valence-electron chi connectivity index (χ1n) is 11.5. The van der Waals surface area contributed by atoms with Crippen LogP contribution in [0.3, 0.4) is 0 Å². The molecule has 172 valence electrons. The van der Waals surface area contributed by atoms with E-state index < -0.39 is 0 Å². The molecule has 2 aliphatic rings. The van der Waals surface area contributed by atoms with E-state index in [1.807, 2.05) is 35.6 Å². The predicted octanol–water partition coefficient (Wildman–Crippen LogP) is 4.52. The van der Waals surface area contributed by atoms with Gasteiger partial charge in [-0.3, -0.25) is 0 Å². The number of rotatable bonds is 5. The molecule has 4 aromatic rings. The lowest BCUT2D eigenvalue weighted by Crippen LogP contribution is -2.44. The van der Waals surface area contributed by atoms with E-state index in [-0.39, 0.29) is 6.04 Å². The van der Waals surface area contributed by atoms with Crippen molar-refractivity contribution < 1.29 is 0 Å². The number of piperazine rings is 1. The van der Waals surface area contributed by atoms with Crippen LogP contribution < -0.4 is 15.2 Å². The van der Waals surface area contributed by atoms with Gasteiger partial charge in [0.05, 0.1) is 28.1 Å². The predicted molar refractivity (Wildman–Crippen MR) is 139 cm³/mol. The Hall–Kier alpha value is -3.56. The minimum Gasteiger partial charge on any atom is -0.354 e. The number of nitrogens with zero attached hydrogens (tertiary/aromatic N) is 7. The molecule has 9 heteroatoms. The van der Waals surface area contributed by atoms with Crippen LogP contribution >= 0.6 is 11.3 Å². The summed E-state index contributed by atoms with van der Waals surface area (Å²) in [7, 11) is 2.16. The van der Waals surface area contributed by atoms with Crippen molar-refractivity contribution in [3.8, 4) is 0 Å². The van der Waals surface area contributed by atoms with Crippen molar-refractivity contribution in [3.05, 3.63) is 65.7 Å². The molecule has 2 aliphatic heterocycles. The first kappa shape index (κ1) is 21.0. The standard InChI is InChI=1S/C25H26N8S/c1-31-12-14-32(15-13-31)22-8-7-19(17-26-22)28-25-29-20-10-16-34-23(20)24(30-25)33-21(9-11-27-33)18-5-3-2-4-6-18/h2-8,10-11,16-17,21H,9,12-15H2,1H3,(H,28,29,30). The van der Waals surface area contributed by atoms with Gasteiger partial charge in [0.2, 0.25) is 5.95 Å². The molecule has 0 radical (unpaired) electrons. The van der Waals surface area contributed by atoms with Gasteiger partial charge in [0.1, 0.15) is 5.82 Å². The van der Waals surface area contributed by atoms with E-state index in [9.17, 15) is 0 Å². The van der Waals surface area contributed by atoms with E-state index in [1.54, 1.807) is 11.3 Å². The SMILES string of the molecule is CN1CCN(c2ccc(Nc3nc(N4N=CCC4c4ccccc4)c4sccc4n3)cn2)CC1. The van der Waals surface area contributed by atoms with Crippen molar-refractivity contribution in [1.82, 2.24) is 19.9 Å². The highest BCUT2D eigenvalue weighted by molar-refractivity contribution is 7.17. The number of benzene rings is 1. The lowest BCUT2D eigenvalue weighted by Gasteiger charge is -2.33. The molecular weight excluding hydrogens is 444 g/mol. The van der Waals surface area contributed by atoms with Crippen molar-refractivity contribution in [2.24, 2.45) is 5.10 Å². The smallest absolute Gasteiger partial charge is 0.229 e. The Balaban J connectivity index is 1.27. The molecule has 0 amide bonds. The molecule has 1 N–H and O–H groups in total. The summed E-state index contributed by atoms with van der Waals surface area (Å²) in [5, 5.41) is 12.1. The largest absolute Gasteiger partial charge is 0.354 e. The Morgan fingerprint density at radius 1 is 0.971 bits per heavy atom. The van der Waals surface area contributed by atoms with Crippen LogP contribution in [0.25, 0.3) is 10.2 Å². The third-order valence-electron chi connectivity index (χ3n) is 6.35. The fourth-order valence-corrected chi connectivity index (χ4v) is 5.25. The second kappa shape index (κ2) is 9.00. The molecule has 8 nitrogen and oxygen atoms in total. The van der Waals surface area contributed by atoms with Gasteiger partial charge in [-0.25, -0.2) is 15.0 Å². The third-order valence-corrected chi connectivity index (χ3v) is 7.25. The first-order valence-corrected chi connectivity index (χ1v) is 12.4. The average Bonchev–Trinajstić information content (AvgIpc) is 3.55. The molecule has 6 rings (SSSR count). The number of hydrazone groups is 1. The number of thiophene rings is 1. The van der Waals surface area contributed by atoms with Crippen LogP contribution in [-0.4, -0.2) is 59.3 Å². The summed E-state index contributed by atoms with van der Waals surface area (Å²) < 4.78 is 1.04. The van der Waals surface area contributed by atoms with Crippen molar-refractivity contribution >= 4 is 51.0 Å². The van der Waals surface area contributed by atoms with E-state index in [4.69, 9.17) is 9.97 Å². The minimum atomic E-state index is 0.124. The van der Waals surface area contributed by atoms with Gasteiger partial charge in [0.15, 0.2) is 5.82 Å². The van der Waals surface area contributed by atoms with Crippen LogP contribution in [0, 0.1) is 0 Å². The van der Waals surface area contributed by atoms with Crippen LogP contribution in [0.1, 0.15) is 18.0 Å². The van der Waals surface area contributed by atoms with Gasteiger partial charge in [0.25, 0.3) is 0 Å². The fourth-order valence-electron chi connectivity index (χ4n) is 4.44. The zero-order valence-electron chi connectivity index (χ0n) is 19.0. The lowest BCUT2D eigenvalue weighted by atomic mass is 10.0. The van der Waals surface area contributed by atoms with E-state index in [1.165, 1.54) is 5.56 Å². The molecule has 1 saturated heterocycles. The van der Waals surface area contributed by atoms with Gasteiger partial charge in [0, 0.05) is 38.8 Å². The summed E-state index contributed by atoms with van der Waals surface area (Å²) in [6.45, 7) is 4.11. The maximum Gasteiger partial charge on any atom is 0.229 e. The molecule has 0 bridgehead atoms. The second-order valence-corrected chi connectivity index (χ2v) is 9.55. The number of nitrogens with one attached hydrogen (secondary N) is 1. The molecule has 1 aromatic carbocycles. The van der Waals surface area contributed by atoms with Crippen LogP contribution in [-0.2, 0) is 0 Å². The van der Waals surface area contributed by atoms with Crippen LogP contribution in [0.5, 0.6) is 0 Å². The number of fused-ring (bicyclic) bond motifs is 1. The van der Waals surface area contributed by atoms with E-state index in [2.05, 4.69) is 68.0 Å². The van der Waals surface area contributed by atoms with Crippen LogP contribution in [0.4, 0.5) is 23.3 Å². The molecule has 3 aromatic heterocycles. The normalized spacial score (nSPS) is 18.7. The molecule has 0 aliphatic carbocycles. The highest BCUT2D eigenvalue weighted by Crippen LogP contribution is 2.38. The Kier molecular flexibility index (Phi) is 5.56. The topological polar surface area (TPSA) is 72.8 Å². The second-order valence-electron chi connectivity index (χ2n) is 8.63. The van der Waals surface area contributed by atoms with Crippen molar-refractivity contribution in [2.75, 3.05) is 48.5 Å². The van der Waals surface area contributed by atoms with Crippen molar-refractivity contribution in [1.29, 1.82) is 0 Å². The summed E-state index contributed by atoms with van der Waals surface area (Å²) in [6.07, 6.45) is 4.67. The number of pyridine rings is 1. The third kappa shape index (κ3) is 4.08. The fraction of sp³-hybridized carbons (Fsp3) is 0.280. The van der Waals surface area contributed by atoms with Gasteiger partial charge in [-0.05, 0) is 36.2 Å². The first-order chi connectivity index (χ1) is 16.7. The Morgan fingerprint density at radius 3 is 2.62 bits per heavy atom. The van der Waals surface area contributed by atoms with Crippen molar-refractivity contribution in [3.63, 3.8) is 0 Å². The Morgan fingerprint density at radius 2 is 1.82 bits per heavy atom. The quantitative estimate of drug-likeness (QED) is 0.460. The van der Waals surface area contributed by atoms with Crippen LogP contribution in [0.15, 0.2) is 65.2 Å². The number of aromatic nitrogens is 3. The molecule has 0 saturated carbocycles. The van der Waals surface area contributed by atoms with Gasteiger partial charge >= 0.3 is 0 Å². The average molecular weight is 471 g/mol. The summed E-state index contributed by atoms with van der Waals surface area (Å²) >= 11 is 1.64. The van der Waals surface area contributed by atoms with E-state index >= 15 is 0 Å². The maximum absolute atomic E-state index is 4.90. The molecule has 0 spiro atoms. The maximum atomic E-state index is 4.90. The van der Waals surface area contributed by atoms with Crippen molar-refractivity contribution in [2.45, 2.75) is 12.5 Å². The number of hydrogen-bond donors (Lipinski definition) is 1. The molecule has 1 unspecified atom stereocenters. The summed E-state index contributed by atoms with van der Waals surface area (Å²) in [6, 6.07) is 16.7. The zero-order valence-corrected chi connectivity index (χ0v) is 19.8. The zero-order chi connectivity index (χ0) is 22.9. The monoisotopic (exact) mass is 470 g/mol. The number of likely N-dealkylation sites (N-methyl/N-ethyl adjacent to an activating group) is 1. The van der Waals surface area contributed by atoms with Gasteiger partial charge in [-0.15, -0.1) is 11.3 Å². The summed E-state index contributed by atoms with van der Waals surface area (Å²) in [5.74, 6) is 2.38. The molecule has 1 fully saturated rings. The Bertz CT molecular complexity index is 1300. The lowest BCUT2D eigenvalue weighted by molar-refractivity contribution is 0.312. The minimum absolute atomic E-state index is 0.124. The number of anilines is 4. The van der Waals surface area contributed by atoms with Gasteiger partial charge in [-0.2, -0.15) is 10.1 Å². The van der Waals surface area contributed by atoms with E-state index in [0.717, 1.165) is 60.1 Å². The molecular formula is C25H26N8S. The molecule has 5 heterocycles. The highest BCUT2D eigenvalue weighted by atomic mass is 32.1. The van der Waals surface area contributed by atoms with Gasteiger partial charge < -0.3 is 15.1 Å². The highest BCUT2D eigenvalue weighted by Gasteiger charge is 2.27. The van der Waals surface area contributed by atoms with Crippen LogP contribution in [0.2, 0.25) is 0 Å². The van der Waals surface area contributed by atoms with Gasteiger partial charge in [-0.1, -0.05) is 30.3 Å². The number of hydrogen-bond acceptors (Lipinski definition) is 9. The molecule has 1 atom stereocenters. The van der Waals surface area contributed by atoms with E-state index in [0.29, 0.717) is 5.95 Å². The molecule has 34 heavy (non-hydrogen) atoms. The summed E-state index contributed by atoms with van der Waals surface area (Å²) in [4.78, 5) is 19.0. The summed E-state index contributed by atoms with van der Waals surface area (Å²) in [5.41, 5.74) is 3.00.